The lowest BCUT2D eigenvalue weighted by atomic mass is 10.2. The van der Waals surface area contributed by atoms with Gasteiger partial charge in [-0.25, -0.2) is 0 Å². The van der Waals surface area contributed by atoms with Crippen LogP contribution in [-0.2, 0) is 6.54 Å². The van der Waals surface area contributed by atoms with Gasteiger partial charge in [0.1, 0.15) is 16.3 Å². The number of aryl methyl sites for hydroxylation is 1. The topological polar surface area (TPSA) is 94.0 Å². The molecule has 0 bridgehead atoms. The fraction of sp³-hybridized carbons (Fsp3) is 0.154. The Morgan fingerprint density at radius 1 is 1.55 bits per heavy atom. The van der Waals surface area contributed by atoms with E-state index in [1.165, 1.54) is 11.3 Å². The predicted molar refractivity (Wildman–Crippen MR) is 76.4 cm³/mol. The maximum absolute atomic E-state index is 12.2. The minimum Gasteiger partial charge on any atom is -0.397 e. The third-order valence-electron chi connectivity index (χ3n) is 2.84. The molecule has 3 aromatic heterocycles. The average Bonchev–Trinajstić information content (AvgIpc) is 3.01. The quantitative estimate of drug-likeness (QED) is 0.769. The molecule has 3 rings (SSSR count). The van der Waals surface area contributed by atoms with E-state index in [1.807, 2.05) is 0 Å². The summed E-state index contributed by atoms with van der Waals surface area (Å²) in [5.74, 6) is 0.492. The summed E-state index contributed by atoms with van der Waals surface area (Å²) in [5.41, 5.74) is 7.17. The first kappa shape index (κ1) is 12.6. The molecule has 0 fully saturated rings. The molecule has 3 N–H and O–H groups in total. The Bertz CT molecular complexity index is 778. The number of carbonyl (C=O) groups excluding carboxylic acids is 1. The van der Waals surface area contributed by atoms with Gasteiger partial charge in [-0.2, -0.15) is 0 Å². The first-order valence-electron chi connectivity index (χ1n) is 5.97. The zero-order chi connectivity index (χ0) is 14.1. The molecule has 3 aromatic rings. The second-order valence-electron chi connectivity index (χ2n) is 4.33. The monoisotopic (exact) mass is 288 g/mol. The van der Waals surface area contributed by atoms with Crippen LogP contribution >= 0.6 is 11.3 Å². The molecule has 0 spiro atoms. The van der Waals surface area contributed by atoms with E-state index in [2.05, 4.69) is 15.5 Å². The summed E-state index contributed by atoms with van der Waals surface area (Å²) in [6.45, 7) is 2.11. The number of amides is 1. The number of rotatable bonds is 3. The van der Waals surface area contributed by atoms with Gasteiger partial charge in [0.15, 0.2) is 0 Å². The number of thiophene rings is 1. The van der Waals surface area contributed by atoms with E-state index >= 15 is 0 Å². The molecule has 102 valence electrons. The summed E-state index contributed by atoms with van der Waals surface area (Å²) in [4.78, 5) is 16.7. The molecule has 0 unspecified atom stereocenters. The lowest BCUT2D eigenvalue weighted by molar-refractivity contribution is 0.0955. The van der Waals surface area contributed by atoms with Crippen molar-refractivity contribution in [3.63, 3.8) is 0 Å². The molecule has 0 aliphatic heterocycles. The van der Waals surface area contributed by atoms with Crippen LogP contribution < -0.4 is 11.1 Å². The Balaban J connectivity index is 1.80. The van der Waals surface area contributed by atoms with Crippen molar-refractivity contribution in [3.8, 4) is 0 Å². The second-order valence-corrected chi connectivity index (χ2v) is 5.38. The number of nitrogen functional groups attached to an aromatic ring is 1. The van der Waals surface area contributed by atoms with Crippen molar-refractivity contribution in [1.82, 2.24) is 15.5 Å². The lowest BCUT2D eigenvalue weighted by Crippen LogP contribution is -2.22. The fourth-order valence-corrected chi connectivity index (χ4v) is 2.90. The van der Waals surface area contributed by atoms with Gasteiger partial charge in [-0.3, -0.25) is 9.78 Å². The normalized spacial score (nSPS) is 10.8. The second kappa shape index (κ2) is 4.93. The van der Waals surface area contributed by atoms with E-state index in [0.29, 0.717) is 28.6 Å². The standard InChI is InChI=1S/C13H12N4O2S/c1-7-4-8(17-19-7)5-16-13(18)12-11(14)9-2-3-15-6-10(9)20-12/h2-4,6H,5,14H2,1H3,(H,16,18). The lowest BCUT2D eigenvalue weighted by Gasteiger charge is -2.01. The highest BCUT2D eigenvalue weighted by atomic mass is 32.1. The van der Waals surface area contributed by atoms with Gasteiger partial charge in [-0.15, -0.1) is 11.3 Å². The summed E-state index contributed by atoms with van der Waals surface area (Å²) < 4.78 is 5.84. The number of hydrogen-bond acceptors (Lipinski definition) is 6. The number of nitrogens with zero attached hydrogens (tertiary/aromatic N) is 2. The molecule has 7 heteroatoms. The molecule has 20 heavy (non-hydrogen) atoms. The van der Waals surface area contributed by atoms with Gasteiger partial charge >= 0.3 is 0 Å². The van der Waals surface area contributed by atoms with Gasteiger partial charge in [0.25, 0.3) is 5.91 Å². The Morgan fingerprint density at radius 3 is 3.10 bits per heavy atom. The van der Waals surface area contributed by atoms with Crippen molar-refractivity contribution >= 4 is 33.0 Å². The van der Waals surface area contributed by atoms with Gasteiger partial charge in [0, 0.05) is 23.8 Å². The zero-order valence-electron chi connectivity index (χ0n) is 10.7. The average molecular weight is 288 g/mol. The van der Waals surface area contributed by atoms with Gasteiger partial charge in [0.2, 0.25) is 0 Å². The van der Waals surface area contributed by atoms with E-state index in [4.69, 9.17) is 10.3 Å². The number of pyridine rings is 1. The maximum Gasteiger partial charge on any atom is 0.263 e. The number of anilines is 1. The molecule has 0 saturated carbocycles. The van der Waals surface area contributed by atoms with Crippen molar-refractivity contribution < 1.29 is 9.32 Å². The Labute approximate surface area is 118 Å². The first-order valence-corrected chi connectivity index (χ1v) is 6.79. The highest BCUT2D eigenvalue weighted by molar-refractivity contribution is 7.21. The molecule has 6 nitrogen and oxygen atoms in total. The van der Waals surface area contributed by atoms with Crippen molar-refractivity contribution in [1.29, 1.82) is 0 Å². The molecule has 0 atom stereocenters. The molecule has 3 heterocycles. The Kier molecular flexibility index (Phi) is 3.11. The van der Waals surface area contributed by atoms with Crippen LogP contribution in [0.2, 0.25) is 0 Å². The first-order chi connectivity index (χ1) is 9.65. The highest BCUT2D eigenvalue weighted by Gasteiger charge is 2.16. The molecular formula is C13H12N4O2S. The van der Waals surface area contributed by atoms with Crippen LogP contribution in [-0.4, -0.2) is 16.0 Å². The van der Waals surface area contributed by atoms with E-state index in [-0.39, 0.29) is 5.91 Å². The summed E-state index contributed by atoms with van der Waals surface area (Å²) >= 11 is 1.33. The fourth-order valence-electron chi connectivity index (χ4n) is 1.89. The Hall–Kier alpha value is -2.41. The van der Waals surface area contributed by atoms with Crippen molar-refractivity contribution in [2.45, 2.75) is 13.5 Å². The minimum atomic E-state index is -0.218. The molecular weight excluding hydrogens is 276 g/mol. The molecule has 0 aromatic carbocycles. The van der Waals surface area contributed by atoms with Crippen LogP contribution in [0, 0.1) is 6.92 Å². The summed E-state index contributed by atoms with van der Waals surface area (Å²) in [6, 6.07) is 3.58. The molecule has 0 aliphatic rings. The van der Waals surface area contributed by atoms with Gasteiger partial charge in [0.05, 0.1) is 16.9 Å². The van der Waals surface area contributed by atoms with Gasteiger partial charge < -0.3 is 15.6 Å². The third-order valence-corrected chi connectivity index (χ3v) is 4.00. The highest BCUT2D eigenvalue weighted by Crippen LogP contribution is 2.32. The summed E-state index contributed by atoms with van der Waals surface area (Å²) in [7, 11) is 0. The predicted octanol–water partition coefficient (Wildman–Crippen LogP) is 2.10. The third kappa shape index (κ3) is 2.23. The number of hydrogen-bond donors (Lipinski definition) is 2. The van der Waals surface area contributed by atoms with E-state index in [1.54, 1.807) is 31.5 Å². The van der Waals surface area contributed by atoms with Gasteiger partial charge in [-0.1, -0.05) is 5.16 Å². The van der Waals surface area contributed by atoms with Crippen LogP contribution in [0.3, 0.4) is 0 Å². The van der Waals surface area contributed by atoms with E-state index < -0.39 is 0 Å². The van der Waals surface area contributed by atoms with E-state index in [9.17, 15) is 4.79 Å². The molecule has 1 amide bonds. The van der Waals surface area contributed by atoms with Crippen LogP contribution in [0.15, 0.2) is 29.0 Å². The number of carbonyl (C=O) groups is 1. The maximum atomic E-state index is 12.2. The number of nitrogens with one attached hydrogen (secondary N) is 1. The SMILES string of the molecule is Cc1cc(CNC(=O)c2sc3cnccc3c2N)no1. The largest absolute Gasteiger partial charge is 0.397 e. The van der Waals surface area contributed by atoms with Crippen LogP contribution in [0.1, 0.15) is 21.1 Å². The van der Waals surface area contributed by atoms with Crippen LogP contribution in [0.25, 0.3) is 10.1 Å². The van der Waals surface area contributed by atoms with E-state index in [0.717, 1.165) is 10.1 Å². The minimum absolute atomic E-state index is 0.218. The molecule has 0 radical (unpaired) electrons. The van der Waals surface area contributed by atoms with Gasteiger partial charge in [-0.05, 0) is 13.0 Å². The van der Waals surface area contributed by atoms with Crippen molar-refractivity contribution in [2.24, 2.45) is 0 Å². The van der Waals surface area contributed by atoms with Crippen molar-refractivity contribution in [3.05, 3.63) is 40.9 Å². The zero-order valence-corrected chi connectivity index (χ0v) is 11.5. The molecule has 0 aliphatic carbocycles. The smallest absolute Gasteiger partial charge is 0.263 e. The number of fused-ring (bicyclic) bond motifs is 1. The van der Waals surface area contributed by atoms with Crippen molar-refractivity contribution in [2.75, 3.05) is 5.73 Å². The van der Waals surface area contributed by atoms with Crippen LogP contribution in [0.4, 0.5) is 5.69 Å². The summed E-state index contributed by atoms with van der Waals surface area (Å²) in [6.07, 6.45) is 3.36. The Morgan fingerprint density at radius 2 is 2.40 bits per heavy atom. The van der Waals surface area contributed by atoms with Crippen LogP contribution in [0.5, 0.6) is 0 Å². The number of aromatic nitrogens is 2. The molecule has 0 saturated heterocycles. The number of nitrogens with two attached hydrogens (primary N) is 1. The summed E-state index contributed by atoms with van der Waals surface area (Å²) in [5, 5.41) is 7.45.